The van der Waals surface area contributed by atoms with E-state index in [0.717, 1.165) is 25.2 Å². The van der Waals surface area contributed by atoms with Gasteiger partial charge in [-0.15, -0.1) is 0 Å². The molecule has 2 rings (SSSR count). The number of nitrogens with zero attached hydrogens (tertiary/aromatic N) is 1. The molecule has 1 atom stereocenters. The molecule has 106 valence electrons. The zero-order valence-corrected chi connectivity index (χ0v) is 12.4. The third kappa shape index (κ3) is 4.32. The number of aliphatic hydroxyl groups is 1. The molecule has 19 heavy (non-hydrogen) atoms. The summed E-state index contributed by atoms with van der Waals surface area (Å²) in [4.78, 5) is 2.43. The minimum Gasteiger partial charge on any atom is -0.387 e. The van der Waals surface area contributed by atoms with Crippen molar-refractivity contribution in [2.45, 2.75) is 52.1 Å². The number of benzene rings is 1. The molecule has 0 amide bonds. The summed E-state index contributed by atoms with van der Waals surface area (Å²) >= 11 is 0. The molecule has 0 aliphatic carbocycles. The molecule has 1 aliphatic heterocycles. The number of rotatable bonds is 3. The van der Waals surface area contributed by atoms with Gasteiger partial charge in [0.25, 0.3) is 0 Å². The van der Waals surface area contributed by atoms with E-state index in [4.69, 9.17) is 0 Å². The maximum Gasteiger partial charge on any atom is 0.0917 e. The minimum atomic E-state index is -0.348. The topological polar surface area (TPSA) is 23.5 Å². The number of aliphatic hydroxyl groups excluding tert-OH is 1. The number of aryl methyl sites for hydroxylation is 2. The Morgan fingerprint density at radius 2 is 1.63 bits per heavy atom. The second-order valence-corrected chi connectivity index (χ2v) is 5.93. The van der Waals surface area contributed by atoms with Gasteiger partial charge in [0.05, 0.1) is 6.10 Å². The van der Waals surface area contributed by atoms with Crippen LogP contribution in [0.25, 0.3) is 0 Å². The van der Waals surface area contributed by atoms with Crippen molar-refractivity contribution in [2.24, 2.45) is 0 Å². The Morgan fingerprint density at radius 3 is 2.26 bits per heavy atom. The summed E-state index contributed by atoms with van der Waals surface area (Å²) in [5.74, 6) is 0. The molecule has 1 fully saturated rings. The minimum absolute atomic E-state index is 0.348. The van der Waals surface area contributed by atoms with Crippen LogP contribution >= 0.6 is 0 Å². The fourth-order valence-corrected chi connectivity index (χ4v) is 2.82. The summed E-state index contributed by atoms with van der Waals surface area (Å²) in [6.07, 6.45) is 6.28. The number of hydrogen-bond donors (Lipinski definition) is 1. The maximum atomic E-state index is 10.4. The van der Waals surface area contributed by atoms with Crippen LogP contribution in [0.1, 0.15) is 54.9 Å². The molecule has 1 aromatic rings. The first-order chi connectivity index (χ1) is 9.16. The van der Waals surface area contributed by atoms with Gasteiger partial charge in [-0.1, -0.05) is 37.5 Å². The summed E-state index contributed by atoms with van der Waals surface area (Å²) in [5, 5.41) is 10.4. The van der Waals surface area contributed by atoms with Crippen molar-refractivity contribution in [3.05, 3.63) is 34.9 Å². The maximum absolute atomic E-state index is 10.4. The van der Waals surface area contributed by atoms with Gasteiger partial charge >= 0.3 is 0 Å². The Labute approximate surface area is 117 Å². The van der Waals surface area contributed by atoms with Gasteiger partial charge in [0.15, 0.2) is 0 Å². The lowest BCUT2D eigenvalue weighted by Gasteiger charge is -2.27. The zero-order chi connectivity index (χ0) is 13.7. The van der Waals surface area contributed by atoms with Gasteiger partial charge in [-0.2, -0.15) is 0 Å². The van der Waals surface area contributed by atoms with Crippen molar-refractivity contribution < 1.29 is 5.11 Å². The van der Waals surface area contributed by atoms with E-state index in [1.807, 2.05) is 0 Å². The summed E-state index contributed by atoms with van der Waals surface area (Å²) in [7, 11) is 0. The van der Waals surface area contributed by atoms with Crippen LogP contribution in [0.4, 0.5) is 0 Å². The van der Waals surface area contributed by atoms with Gasteiger partial charge in [-0.05, 0) is 56.5 Å². The fourth-order valence-electron chi connectivity index (χ4n) is 2.82. The van der Waals surface area contributed by atoms with Crippen LogP contribution < -0.4 is 0 Å². The molecule has 0 radical (unpaired) electrons. The molecule has 0 aromatic heterocycles. The van der Waals surface area contributed by atoms with E-state index in [0.29, 0.717) is 0 Å². The monoisotopic (exact) mass is 261 g/mol. The lowest BCUT2D eigenvalue weighted by atomic mass is 10.0. The first-order valence-corrected chi connectivity index (χ1v) is 7.64. The van der Waals surface area contributed by atoms with Gasteiger partial charge in [0.2, 0.25) is 0 Å². The quantitative estimate of drug-likeness (QED) is 0.898. The summed E-state index contributed by atoms with van der Waals surface area (Å²) in [5.41, 5.74) is 3.62. The van der Waals surface area contributed by atoms with E-state index in [1.165, 1.54) is 43.2 Å². The number of β-amino-alcohol motifs (C(OH)–C–C–N with tert-alkyl or cyclic N) is 1. The lowest BCUT2D eigenvalue weighted by molar-refractivity contribution is 0.108. The highest BCUT2D eigenvalue weighted by Crippen LogP contribution is 2.19. The second kappa shape index (κ2) is 7.06. The van der Waals surface area contributed by atoms with Crippen LogP contribution in [-0.4, -0.2) is 29.6 Å². The van der Waals surface area contributed by atoms with Crippen LogP contribution in [0.2, 0.25) is 0 Å². The summed E-state index contributed by atoms with van der Waals surface area (Å²) in [6.45, 7) is 7.29. The Balaban J connectivity index is 1.94. The van der Waals surface area contributed by atoms with Gasteiger partial charge in [-0.25, -0.2) is 0 Å². The van der Waals surface area contributed by atoms with Crippen molar-refractivity contribution in [2.75, 3.05) is 19.6 Å². The molecular weight excluding hydrogens is 234 g/mol. The van der Waals surface area contributed by atoms with Gasteiger partial charge < -0.3 is 10.0 Å². The Hall–Kier alpha value is -0.860. The molecule has 2 nitrogen and oxygen atoms in total. The molecular formula is C17H27NO. The van der Waals surface area contributed by atoms with Crippen LogP contribution in [0.5, 0.6) is 0 Å². The van der Waals surface area contributed by atoms with Gasteiger partial charge in [-0.3, -0.25) is 0 Å². The highest BCUT2D eigenvalue weighted by Gasteiger charge is 2.15. The standard InChI is InChI=1S/C17H27NO/c1-14-8-9-16(12-15(14)2)17(19)13-18-10-6-4-3-5-7-11-18/h8-9,12,17,19H,3-7,10-11,13H2,1-2H3. The number of likely N-dealkylation sites (tertiary alicyclic amines) is 1. The van der Waals surface area contributed by atoms with E-state index in [-0.39, 0.29) is 6.10 Å². The van der Waals surface area contributed by atoms with E-state index >= 15 is 0 Å². The van der Waals surface area contributed by atoms with Crippen LogP contribution in [-0.2, 0) is 0 Å². The molecule has 1 aromatic carbocycles. The first kappa shape index (κ1) is 14.5. The third-order valence-electron chi connectivity index (χ3n) is 4.30. The van der Waals surface area contributed by atoms with Crippen molar-refractivity contribution >= 4 is 0 Å². The summed E-state index contributed by atoms with van der Waals surface area (Å²) in [6, 6.07) is 6.31. The molecule has 1 unspecified atom stereocenters. The smallest absolute Gasteiger partial charge is 0.0917 e. The molecule has 2 heteroatoms. The molecule has 1 saturated heterocycles. The van der Waals surface area contributed by atoms with Crippen molar-refractivity contribution in [1.29, 1.82) is 0 Å². The van der Waals surface area contributed by atoms with E-state index in [1.54, 1.807) is 0 Å². The largest absolute Gasteiger partial charge is 0.387 e. The van der Waals surface area contributed by atoms with Crippen LogP contribution in [0.3, 0.4) is 0 Å². The Bertz CT molecular complexity index is 394. The molecule has 0 bridgehead atoms. The Morgan fingerprint density at radius 1 is 1.00 bits per heavy atom. The average molecular weight is 261 g/mol. The zero-order valence-electron chi connectivity index (χ0n) is 12.4. The molecule has 0 saturated carbocycles. The fraction of sp³-hybridized carbons (Fsp3) is 0.647. The van der Waals surface area contributed by atoms with E-state index in [9.17, 15) is 5.11 Å². The highest BCUT2D eigenvalue weighted by atomic mass is 16.3. The number of hydrogen-bond acceptors (Lipinski definition) is 2. The normalized spacial score (nSPS) is 19.7. The molecule has 1 aliphatic rings. The predicted octanol–water partition coefficient (Wildman–Crippen LogP) is 3.60. The Kier molecular flexibility index (Phi) is 5.41. The molecule has 0 spiro atoms. The van der Waals surface area contributed by atoms with Gasteiger partial charge in [0.1, 0.15) is 0 Å². The van der Waals surface area contributed by atoms with Crippen molar-refractivity contribution in [1.82, 2.24) is 4.90 Å². The predicted molar refractivity (Wildman–Crippen MR) is 80.4 cm³/mol. The third-order valence-corrected chi connectivity index (χ3v) is 4.30. The van der Waals surface area contributed by atoms with Crippen LogP contribution in [0.15, 0.2) is 18.2 Å². The summed E-state index contributed by atoms with van der Waals surface area (Å²) < 4.78 is 0. The van der Waals surface area contributed by atoms with Crippen LogP contribution in [0, 0.1) is 13.8 Å². The van der Waals surface area contributed by atoms with E-state index < -0.39 is 0 Å². The van der Waals surface area contributed by atoms with Crippen molar-refractivity contribution in [3.63, 3.8) is 0 Å². The van der Waals surface area contributed by atoms with E-state index in [2.05, 4.69) is 36.9 Å². The SMILES string of the molecule is Cc1ccc(C(O)CN2CCCCCCC2)cc1C. The lowest BCUT2D eigenvalue weighted by Crippen LogP contribution is -2.31. The second-order valence-electron chi connectivity index (χ2n) is 5.93. The molecule has 1 heterocycles. The van der Waals surface area contributed by atoms with Crippen molar-refractivity contribution in [3.8, 4) is 0 Å². The average Bonchev–Trinajstić information content (AvgIpc) is 2.35. The highest BCUT2D eigenvalue weighted by molar-refractivity contribution is 5.31. The first-order valence-electron chi connectivity index (χ1n) is 7.64. The molecule has 1 N–H and O–H groups in total. The van der Waals surface area contributed by atoms with Gasteiger partial charge in [0, 0.05) is 6.54 Å².